The fourth-order valence-corrected chi connectivity index (χ4v) is 2.79. The third-order valence-corrected chi connectivity index (χ3v) is 4.35. The zero-order valence-electron chi connectivity index (χ0n) is 12.7. The number of aliphatic hydroxyl groups is 1. The number of hydrogen-bond acceptors (Lipinski definition) is 4. The molecule has 0 bridgehead atoms. The first-order valence-corrected chi connectivity index (χ1v) is 7.79. The molecule has 5 heteroatoms. The van der Waals surface area contributed by atoms with Crippen LogP contribution >= 0.6 is 12.2 Å². The zero-order valence-corrected chi connectivity index (χ0v) is 13.5. The van der Waals surface area contributed by atoms with Gasteiger partial charge in [-0.3, -0.25) is 0 Å². The van der Waals surface area contributed by atoms with Gasteiger partial charge in [-0.1, -0.05) is 26.1 Å². The van der Waals surface area contributed by atoms with Gasteiger partial charge >= 0.3 is 0 Å². The lowest BCUT2D eigenvalue weighted by molar-refractivity contribution is 0.0743. The molecule has 116 valence electrons. The van der Waals surface area contributed by atoms with Gasteiger partial charge in [-0.15, -0.1) is 0 Å². The van der Waals surface area contributed by atoms with Gasteiger partial charge in [0.15, 0.2) is 0 Å². The van der Waals surface area contributed by atoms with E-state index in [0.717, 1.165) is 24.4 Å². The first-order valence-electron chi connectivity index (χ1n) is 7.38. The number of hydrogen-bond donors (Lipinski definition) is 2. The number of benzene rings is 1. The van der Waals surface area contributed by atoms with Crippen LogP contribution in [0.15, 0.2) is 24.3 Å². The summed E-state index contributed by atoms with van der Waals surface area (Å²) in [5.41, 5.74) is 6.36. The molecule has 1 aliphatic rings. The summed E-state index contributed by atoms with van der Waals surface area (Å²) in [6.07, 6.45) is -0.474. The Balaban J connectivity index is 1.76. The molecule has 0 spiro atoms. The minimum absolute atomic E-state index is 0.297. The van der Waals surface area contributed by atoms with Crippen LogP contribution in [0, 0.1) is 11.8 Å². The van der Waals surface area contributed by atoms with Gasteiger partial charge in [0.2, 0.25) is 0 Å². The molecular weight excluding hydrogens is 284 g/mol. The van der Waals surface area contributed by atoms with Gasteiger partial charge in [0, 0.05) is 25.2 Å². The minimum atomic E-state index is -0.474. The number of nitrogens with zero attached hydrogens (tertiary/aromatic N) is 1. The zero-order chi connectivity index (χ0) is 15.4. The van der Waals surface area contributed by atoms with Crippen LogP contribution in [0.25, 0.3) is 0 Å². The van der Waals surface area contributed by atoms with Crippen molar-refractivity contribution in [1.82, 2.24) is 4.90 Å². The van der Waals surface area contributed by atoms with Crippen molar-refractivity contribution in [2.24, 2.45) is 17.6 Å². The molecule has 0 saturated carbocycles. The van der Waals surface area contributed by atoms with Crippen LogP contribution in [-0.2, 0) is 0 Å². The van der Waals surface area contributed by atoms with Crippen LogP contribution < -0.4 is 10.5 Å². The predicted molar refractivity (Wildman–Crippen MR) is 88.6 cm³/mol. The molecule has 3 atom stereocenters. The average molecular weight is 308 g/mol. The maximum atomic E-state index is 10.1. The maximum absolute atomic E-state index is 10.1. The number of ether oxygens (including phenoxy) is 1. The quantitative estimate of drug-likeness (QED) is 0.783. The average Bonchev–Trinajstić information content (AvgIpc) is 2.75. The number of aliphatic hydroxyl groups excluding tert-OH is 1. The summed E-state index contributed by atoms with van der Waals surface area (Å²) in [6.45, 7) is 7.60. The molecule has 0 aromatic heterocycles. The highest BCUT2D eigenvalue weighted by molar-refractivity contribution is 7.80. The lowest BCUT2D eigenvalue weighted by Crippen LogP contribution is -2.34. The molecule has 1 aromatic rings. The summed E-state index contributed by atoms with van der Waals surface area (Å²) in [7, 11) is 0. The Morgan fingerprint density at radius 2 is 1.90 bits per heavy atom. The van der Waals surface area contributed by atoms with E-state index in [1.807, 2.05) is 24.3 Å². The van der Waals surface area contributed by atoms with Gasteiger partial charge < -0.3 is 20.5 Å². The number of nitrogens with two attached hydrogens (primary N) is 1. The Morgan fingerprint density at radius 3 is 2.43 bits per heavy atom. The van der Waals surface area contributed by atoms with Gasteiger partial charge in [0.05, 0.1) is 0 Å². The molecule has 1 fully saturated rings. The van der Waals surface area contributed by atoms with E-state index >= 15 is 0 Å². The van der Waals surface area contributed by atoms with Crippen molar-refractivity contribution in [1.29, 1.82) is 0 Å². The van der Waals surface area contributed by atoms with Crippen LogP contribution in [0.5, 0.6) is 5.75 Å². The Labute approximate surface area is 131 Å². The van der Waals surface area contributed by atoms with Gasteiger partial charge in [0.25, 0.3) is 0 Å². The molecule has 3 N–H and O–H groups in total. The molecule has 4 nitrogen and oxygen atoms in total. The summed E-state index contributed by atoms with van der Waals surface area (Å²) in [6, 6.07) is 7.30. The summed E-state index contributed by atoms with van der Waals surface area (Å²) in [5, 5.41) is 10.1. The van der Waals surface area contributed by atoms with Gasteiger partial charge in [-0.25, -0.2) is 0 Å². The van der Waals surface area contributed by atoms with Crippen molar-refractivity contribution in [2.75, 3.05) is 26.2 Å². The van der Waals surface area contributed by atoms with Crippen LogP contribution in [-0.4, -0.2) is 47.3 Å². The van der Waals surface area contributed by atoms with Gasteiger partial charge in [0.1, 0.15) is 23.4 Å². The van der Waals surface area contributed by atoms with E-state index in [4.69, 9.17) is 22.7 Å². The van der Waals surface area contributed by atoms with E-state index in [-0.39, 0.29) is 0 Å². The maximum Gasteiger partial charge on any atom is 0.119 e. The summed E-state index contributed by atoms with van der Waals surface area (Å²) in [4.78, 5) is 2.68. The SMILES string of the molecule is CC1CN(CC(O)COc2ccc(C(N)=S)cc2)CC1C. The number of β-amino-alcohol motifs (C(OH)–C–C–N with tert-alkyl or cyclic N) is 1. The Hall–Kier alpha value is -1.17. The Bertz CT molecular complexity index is 468. The third kappa shape index (κ3) is 4.66. The smallest absolute Gasteiger partial charge is 0.119 e. The lowest BCUT2D eigenvalue weighted by Gasteiger charge is -2.20. The second-order valence-electron chi connectivity index (χ2n) is 6.03. The van der Waals surface area contributed by atoms with Crippen molar-refractivity contribution in [3.05, 3.63) is 29.8 Å². The normalized spacial score (nSPS) is 24.0. The second kappa shape index (κ2) is 7.20. The second-order valence-corrected chi connectivity index (χ2v) is 6.47. The summed E-state index contributed by atoms with van der Waals surface area (Å²) < 4.78 is 5.61. The molecule has 2 rings (SSSR count). The van der Waals surface area contributed by atoms with Gasteiger partial charge in [-0.05, 0) is 36.1 Å². The highest BCUT2D eigenvalue weighted by atomic mass is 32.1. The van der Waals surface area contributed by atoms with E-state index in [2.05, 4.69) is 18.7 Å². The van der Waals surface area contributed by atoms with E-state index < -0.39 is 6.10 Å². The van der Waals surface area contributed by atoms with E-state index in [1.54, 1.807) is 0 Å². The lowest BCUT2D eigenvalue weighted by atomic mass is 10.0. The number of rotatable bonds is 6. The standard InChI is InChI=1S/C16H24N2O2S/c1-11-7-18(8-12(11)2)9-14(19)10-20-15-5-3-13(4-6-15)16(17)21/h3-6,11-12,14,19H,7-10H2,1-2H3,(H2,17,21). The molecule has 0 radical (unpaired) electrons. The first kappa shape index (κ1) is 16.2. The molecule has 3 unspecified atom stereocenters. The fraction of sp³-hybridized carbons (Fsp3) is 0.562. The van der Waals surface area contributed by atoms with Crippen molar-refractivity contribution in [3.63, 3.8) is 0 Å². The minimum Gasteiger partial charge on any atom is -0.491 e. The Kier molecular flexibility index (Phi) is 5.56. The Morgan fingerprint density at radius 1 is 1.33 bits per heavy atom. The van der Waals surface area contributed by atoms with E-state index in [0.29, 0.717) is 30.0 Å². The molecule has 1 heterocycles. The van der Waals surface area contributed by atoms with Crippen molar-refractivity contribution in [3.8, 4) is 5.75 Å². The van der Waals surface area contributed by atoms with E-state index in [1.165, 1.54) is 0 Å². The molecule has 0 amide bonds. The monoisotopic (exact) mass is 308 g/mol. The van der Waals surface area contributed by atoms with Crippen molar-refractivity contribution >= 4 is 17.2 Å². The molecular formula is C16H24N2O2S. The number of thiocarbonyl (C=S) groups is 1. The molecule has 1 aromatic carbocycles. The van der Waals surface area contributed by atoms with Crippen LogP contribution in [0.1, 0.15) is 19.4 Å². The van der Waals surface area contributed by atoms with Crippen LogP contribution in [0.4, 0.5) is 0 Å². The highest BCUT2D eigenvalue weighted by Crippen LogP contribution is 2.22. The number of likely N-dealkylation sites (tertiary alicyclic amines) is 1. The third-order valence-electron chi connectivity index (χ3n) is 4.11. The predicted octanol–water partition coefficient (Wildman–Crippen LogP) is 1.65. The molecule has 0 aliphatic carbocycles. The topological polar surface area (TPSA) is 58.7 Å². The van der Waals surface area contributed by atoms with Crippen molar-refractivity contribution in [2.45, 2.75) is 20.0 Å². The summed E-state index contributed by atoms with van der Waals surface area (Å²) in [5.74, 6) is 2.12. The van der Waals surface area contributed by atoms with Crippen LogP contribution in [0.3, 0.4) is 0 Å². The van der Waals surface area contributed by atoms with Gasteiger partial charge in [-0.2, -0.15) is 0 Å². The first-order chi connectivity index (χ1) is 9.95. The van der Waals surface area contributed by atoms with Crippen molar-refractivity contribution < 1.29 is 9.84 Å². The molecule has 1 aliphatic heterocycles. The highest BCUT2D eigenvalue weighted by Gasteiger charge is 2.27. The van der Waals surface area contributed by atoms with Crippen LogP contribution in [0.2, 0.25) is 0 Å². The molecule has 1 saturated heterocycles. The fourth-order valence-electron chi connectivity index (χ4n) is 2.66. The van der Waals surface area contributed by atoms with E-state index in [9.17, 15) is 5.11 Å². The summed E-state index contributed by atoms with van der Waals surface area (Å²) >= 11 is 4.90. The largest absolute Gasteiger partial charge is 0.491 e. The molecule has 21 heavy (non-hydrogen) atoms.